The molecule has 0 bridgehead atoms. The Balaban J connectivity index is 2.28. The van der Waals surface area contributed by atoms with Gasteiger partial charge >= 0.3 is 0 Å². The van der Waals surface area contributed by atoms with E-state index in [0.717, 1.165) is 12.8 Å². The molecule has 0 aliphatic carbocycles. The molecule has 9 heavy (non-hydrogen) atoms. The minimum absolute atomic E-state index is 1.15. The molecule has 0 fully saturated rings. The molecule has 0 radical (unpaired) electrons. The highest BCUT2D eigenvalue weighted by Crippen LogP contribution is 2.03. The summed E-state index contributed by atoms with van der Waals surface area (Å²) in [6.07, 6.45) is 12.5. The van der Waals surface area contributed by atoms with Gasteiger partial charge in [-0.25, -0.2) is 0 Å². The van der Waals surface area contributed by atoms with E-state index in [2.05, 4.69) is 12.2 Å². The van der Waals surface area contributed by atoms with Crippen molar-refractivity contribution in [2.24, 2.45) is 0 Å². The molecular formula is C8H12O. The maximum atomic E-state index is 4.99. The van der Waals surface area contributed by atoms with Gasteiger partial charge in [-0.15, -0.1) is 0 Å². The highest BCUT2D eigenvalue weighted by atomic mass is 16.5. The molecule has 0 unspecified atom stereocenters. The Morgan fingerprint density at radius 3 is 2.00 bits per heavy atom. The van der Waals surface area contributed by atoms with Gasteiger partial charge in [0.15, 0.2) is 0 Å². The summed E-state index contributed by atoms with van der Waals surface area (Å²) in [5.41, 5.74) is 0. The minimum Gasteiger partial charge on any atom is -0.473 e. The molecule has 1 aliphatic rings. The fourth-order valence-corrected chi connectivity index (χ4v) is 0.817. The Morgan fingerprint density at radius 2 is 1.44 bits per heavy atom. The molecule has 1 heterocycles. The van der Waals surface area contributed by atoms with Gasteiger partial charge in [0.05, 0.1) is 12.5 Å². The van der Waals surface area contributed by atoms with E-state index in [1.54, 1.807) is 12.5 Å². The molecule has 1 rings (SSSR count). The molecule has 1 heteroatoms. The van der Waals surface area contributed by atoms with Gasteiger partial charge in [-0.3, -0.25) is 0 Å². The van der Waals surface area contributed by atoms with Gasteiger partial charge in [-0.1, -0.05) is 0 Å². The Kier molecular flexibility index (Phi) is 2.98. The zero-order chi connectivity index (χ0) is 6.36. The zero-order valence-corrected chi connectivity index (χ0v) is 5.55. The Bertz CT molecular complexity index is 99.7. The third kappa shape index (κ3) is 2.96. The van der Waals surface area contributed by atoms with Crippen molar-refractivity contribution in [2.75, 3.05) is 0 Å². The van der Waals surface area contributed by atoms with Crippen LogP contribution in [0.1, 0.15) is 25.7 Å². The number of rotatable bonds is 0. The van der Waals surface area contributed by atoms with Crippen molar-refractivity contribution in [2.45, 2.75) is 25.7 Å². The first-order chi connectivity index (χ1) is 4.50. The van der Waals surface area contributed by atoms with Crippen LogP contribution in [0.5, 0.6) is 0 Å². The van der Waals surface area contributed by atoms with Crippen LogP contribution in [0.2, 0.25) is 0 Å². The fourth-order valence-electron chi connectivity index (χ4n) is 0.817. The van der Waals surface area contributed by atoms with Gasteiger partial charge in [-0.2, -0.15) is 0 Å². The van der Waals surface area contributed by atoms with E-state index in [9.17, 15) is 0 Å². The van der Waals surface area contributed by atoms with Crippen LogP contribution in [0.4, 0.5) is 0 Å². The van der Waals surface area contributed by atoms with Crippen molar-refractivity contribution < 1.29 is 4.74 Å². The average molecular weight is 124 g/mol. The molecule has 0 aromatic carbocycles. The summed E-state index contributed by atoms with van der Waals surface area (Å²) < 4.78 is 4.99. The highest BCUT2D eigenvalue weighted by molar-refractivity contribution is 4.82. The van der Waals surface area contributed by atoms with E-state index < -0.39 is 0 Å². The van der Waals surface area contributed by atoms with Crippen molar-refractivity contribution in [3.05, 3.63) is 24.7 Å². The summed E-state index contributed by atoms with van der Waals surface area (Å²) in [5.74, 6) is 0. The monoisotopic (exact) mass is 124 g/mol. The van der Waals surface area contributed by atoms with Crippen molar-refractivity contribution >= 4 is 0 Å². The highest BCUT2D eigenvalue weighted by Gasteiger charge is 1.85. The first-order valence-electron chi connectivity index (χ1n) is 3.45. The smallest absolute Gasteiger partial charge is 0.0861 e. The quantitative estimate of drug-likeness (QED) is 0.482. The normalized spacial score (nSPS) is 26.7. The van der Waals surface area contributed by atoms with Crippen LogP contribution in [-0.4, -0.2) is 0 Å². The molecule has 0 aromatic heterocycles. The van der Waals surface area contributed by atoms with Gasteiger partial charge in [-0.05, 0) is 37.8 Å². The summed E-state index contributed by atoms with van der Waals surface area (Å²) in [7, 11) is 0. The Hall–Kier alpha value is -0.720. The van der Waals surface area contributed by atoms with Crippen LogP contribution in [0.3, 0.4) is 0 Å². The first kappa shape index (κ1) is 6.40. The van der Waals surface area contributed by atoms with Crippen LogP contribution >= 0.6 is 0 Å². The molecular weight excluding hydrogens is 112 g/mol. The lowest BCUT2D eigenvalue weighted by molar-refractivity contribution is 0.400. The lowest BCUT2D eigenvalue weighted by Gasteiger charge is -1.88. The van der Waals surface area contributed by atoms with Crippen LogP contribution in [0, 0.1) is 0 Å². The predicted octanol–water partition coefficient (Wildman–Crippen LogP) is 2.60. The van der Waals surface area contributed by atoms with Crippen LogP contribution in [0.25, 0.3) is 0 Å². The lowest BCUT2D eigenvalue weighted by atomic mass is 10.2. The molecule has 0 atom stereocenters. The lowest BCUT2D eigenvalue weighted by Crippen LogP contribution is -1.69. The van der Waals surface area contributed by atoms with Gasteiger partial charge in [0.2, 0.25) is 0 Å². The van der Waals surface area contributed by atoms with Crippen molar-refractivity contribution in [1.29, 1.82) is 0 Å². The van der Waals surface area contributed by atoms with Crippen LogP contribution < -0.4 is 0 Å². The topological polar surface area (TPSA) is 9.23 Å². The van der Waals surface area contributed by atoms with Crippen molar-refractivity contribution in [3.63, 3.8) is 0 Å². The molecule has 0 saturated carbocycles. The third-order valence-corrected chi connectivity index (χ3v) is 1.34. The molecule has 0 amide bonds. The summed E-state index contributed by atoms with van der Waals surface area (Å²) in [6, 6.07) is 0. The second-order valence-corrected chi connectivity index (χ2v) is 2.16. The summed E-state index contributed by atoms with van der Waals surface area (Å²) >= 11 is 0. The summed E-state index contributed by atoms with van der Waals surface area (Å²) in [5, 5.41) is 0. The molecule has 1 aliphatic heterocycles. The molecule has 0 N–H and O–H groups in total. The second-order valence-electron chi connectivity index (χ2n) is 2.16. The Labute approximate surface area is 56.0 Å². The van der Waals surface area contributed by atoms with Gasteiger partial charge in [0.1, 0.15) is 0 Å². The van der Waals surface area contributed by atoms with Crippen LogP contribution in [0.15, 0.2) is 24.7 Å². The Morgan fingerprint density at radius 1 is 0.889 bits per heavy atom. The van der Waals surface area contributed by atoms with Crippen molar-refractivity contribution in [3.8, 4) is 0 Å². The molecule has 0 aromatic rings. The van der Waals surface area contributed by atoms with Gasteiger partial charge < -0.3 is 4.74 Å². The molecule has 50 valence electrons. The van der Waals surface area contributed by atoms with E-state index in [-0.39, 0.29) is 0 Å². The average Bonchev–Trinajstić information content (AvgIpc) is 2.00. The maximum absolute atomic E-state index is 4.99. The maximum Gasteiger partial charge on any atom is 0.0861 e. The second kappa shape index (κ2) is 4.19. The minimum atomic E-state index is 1.15. The predicted molar refractivity (Wildman–Crippen MR) is 37.8 cm³/mol. The van der Waals surface area contributed by atoms with Gasteiger partial charge in [0.25, 0.3) is 0 Å². The fraction of sp³-hybridized carbons (Fsp3) is 0.500. The first-order valence-corrected chi connectivity index (χ1v) is 3.45. The number of hydrogen-bond acceptors (Lipinski definition) is 1. The zero-order valence-electron chi connectivity index (χ0n) is 5.55. The van der Waals surface area contributed by atoms with E-state index >= 15 is 0 Å². The largest absolute Gasteiger partial charge is 0.473 e. The SMILES string of the molecule is C1=C\O/C=C/CCCC/1. The molecule has 0 spiro atoms. The van der Waals surface area contributed by atoms with E-state index in [4.69, 9.17) is 4.74 Å². The van der Waals surface area contributed by atoms with E-state index in [0.29, 0.717) is 0 Å². The van der Waals surface area contributed by atoms with Crippen molar-refractivity contribution in [1.82, 2.24) is 0 Å². The van der Waals surface area contributed by atoms with E-state index in [1.165, 1.54) is 12.8 Å². The standard InChI is InChI=1S/C8H12O/c1-2-4-6-8-9-7-5-3-1/h5-8H,1-4H2/b7-5-,8-6+. The van der Waals surface area contributed by atoms with Gasteiger partial charge in [0, 0.05) is 0 Å². The molecule has 1 nitrogen and oxygen atoms in total. The summed E-state index contributed by atoms with van der Waals surface area (Å²) in [6.45, 7) is 0. The molecule has 0 saturated heterocycles. The number of ether oxygens (including phenoxy) is 1. The van der Waals surface area contributed by atoms with E-state index in [1.807, 2.05) is 0 Å². The summed E-state index contributed by atoms with van der Waals surface area (Å²) in [4.78, 5) is 0. The number of allylic oxidation sites excluding steroid dienone is 2. The number of hydrogen-bond donors (Lipinski definition) is 0. The van der Waals surface area contributed by atoms with Crippen LogP contribution in [-0.2, 0) is 4.74 Å². The third-order valence-electron chi connectivity index (χ3n) is 1.34.